The Labute approximate surface area is 137 Å². The molecule has 2 aromatic rings. The maximum absolute atomic E-state index is 12.3. The van der Waals surface area contributed by atoms with Gasteiger partial charge in [0.1, 0.15) is 17.8 Å². The number of carbonyl (C=O) groups is 1. The molecule has 6 heteroatoms. The van der Waals surface area contributed by atoms with Gasteiger partial charge >= 0.3 is 0 Å². The largest absolute Gasteiger partial charge is 0.370 e. The number of aromatic nitrogens is 2. The Bertz CT molecular complexity index is 657. The van der Waals surface area contributed by atoms with Crippen molar-refractivity contribution in [2.24, 2.45) is 0 Å². The third kappa shape index (κ3) is 5.67. The molecule has 0 spiro atoms. The van der Waals surface area contributed by atoms with E-state index in [0.29, 0.717) is 11.5 Å². The van der Waals surface area contributed by atoms with Crippen LogP contribution in [0.3, 0.4) is 0 Å². The molecule has 0 aliphatic heterocycles. The highest BCUT2D eigenvalue weighted by molar-refractivity contribution is 6.03. The summed E-state index contributed by atoms with van der Waals surface area (Å²) >= 11 is 0. The lowest BCUT2D eigenvalue weighted by Gasteiger charge is -2.10. The number of nitrogens with one attached hydrogen (secondary N) is 2. The number of hydrogen-bond donors (Lipinski definition) is 2. The fourth-order valence-electron chi connectivity index (χ4n) is 2.11. The quantitative estimate of drug-likeness (QED) is 0.768. The molecule has 0 aliphatic carbocycles. The van der Waals surface area contributed by atoms with Gasteiger partial charge in [-0.3, -0.25) is 4.79 Å². The smallest absolute Gasteiger partial charge is 0.274 e. The molecule has 2 N–H and O–H groups in total. The molecular formula is C17H23N5O. The van der Waals surface area contributed by atoms with Crippen LogP contribution in [0.25, 0.3) is 0 Å². The van der Waals surface area contributed by atoms with Gasteiger partial charge in [0.05, 0.1) is 0 Å². The molecule has 0 radical (unpaired) electrons. The molecule has 6 nitrogen and oxygen atoms in total. The molecule has 0 saturated carbocycles. The van der Waals surface area contributed by atoms with E-state index in [2.05, 4.69) is 25.5 Å². The van der Waals surface area contributed by atoms with E-state index in [0.717, 1.165) is 30.8 Å². The molecule has 0 aliphatic rings. The zero-order valence-corrected chi connectivity index (χ0v) is 13.8. The van der Waals surface area contributed by atoms with Crippen LogP contribution in [0.1, 0.15) is 22.5 Å². The highest BCUT2D eigenvalue weighted by atomic mass is 16.1. The number of hydrogen-bond acceptors (Lipinski definition) is 5. The second-order valence-electron chi connectivity index (χ2n) is 5.70. The number of anilines is 2. The predicted octanol–water partition coefficient (Wildman–Crippen LogP) is 2.40. The predicted molar refractivity (Wildman–Crippen MR) is 92.8 cm³/mol. The van der Waals surface area contributed by atoms with E-state index in [1.165, 1.54) is 6.33 Å². The monoisotopic (exact) mass is 313 g/mol. The number of nitrogens with zero attached hydrogens (tertiary/aromatic N) is 3. The number of rotatable bonds is 7. The summed E-state index contributed by atoms with van der Waals surface area (Å²) in [5.41, 5.74) is 2.19. The summed E-state index contributed by atoms with van der Waals surface area (Å²) in [7, 11) is 4.08. The Morgan fingerprint density at radius 1 is 1.22 bits per heavy atom. The van der Waals surface area contributed by atoms with Crippen molar-refractivity contribution < 1.29 is 4.79 Å². The fourth-order valence-corrected chi connectivity index (χ4v) is 2.11. The Kier molecular flexibility index (Phi) is 6.05. The van der Waals surface area contributed by atoms with E-state index in [4.69, 9.17) is 0 Å². The van der Waals surface area contributed by atoms with Crippen molar-refractivity contribution in [3.63, 3.8) is 0 Å². The average molecular weight is 313 g/mol. The third-order valence-electron chi connectivity index (χ3n) is 3.26. The van der Waals surface area contributed by atoms with Crippen molar-refractivity contribution in [3.8, 4) is 0 Å². The average Bonchev–Trinajstić information content (AvgIpc) is 2.52. The maximum atomic E-state index is 12.3. The molecule has 0 fully saturated rings. The summed E-state index contributed by atoms with van der Waals surface area (Å²) < 4.78 is 0. The Morgan fingerprint density at radius 2 is 2.04 bits per heavy atom. The van der Waals surface area contributed by atoms with E-state index < -0.39 is 0 Å². The Balaban J connectivity index is 1.94. The number of carbonyl (C=O) groups excluding carboxylic acids is 1. The number of benzene rings is 1. The molecule has 23 heavy (non-hydrogen) atoms. The summed E-state index contributed by atoms with van der Waals surface area (Å²) in [4.78, 5) is 22.6. The van der Waals surface area contributed by atoms with Gasteiger partial charge in [0.15, 0.2) is 0 Å². The van der Waals surface area contributed by atoms with Crippen molar-refractivity contribution in [1.82, 2.24) is 14.9 Å². The van der Waals surface area contributed by atoms with Crippen molar-refractivity contribution >= 4 is 17.4 Å². The summed E-state index contributed by atoms with van der Waals surface area (Å²) in [5, 5.41) is 6.06. The topological polar surface area (TPSA) is 70.2 Å². The molecule has 0 bridgehead atoms. The number of amides is 1. The van der Waals surface area contributed by atoms with E-state index in [-0.39, 0.29) is 5.91 Å². The van der Waals surface area contributed by atoms with Gasteiger partial charge in [0, 0.05) is 18.3 Å². The molecule has 122 valence electrons. The normalized spacial score (nSPS) is 10.6. The lowest BCUT2D eigenvalue weighted by Crippen LogP contribution is -2.17. The molecule has 1 aromatic heterocycles. The van der Waals surface area contributed by atoms with Crippen molar-refractivity contribution in [2.45, 2.75) is 13.3 Å². The summed E-state index contributed by atoms with van der Waals surface area (Å²) in [6.07, 6.45) is 2.40. The molecular weight excluding hydrogens is 290 g/mol. The summed E-state index contributed by atoms with van der Waals surface area (Å²) in [5.74, 6) is 0.419. The van der Waals surface area contributed by atoms with Gasteiger partial charge in [-0.2, -0.15) is 0 Å². The minimum absolute atomic E-state index is 0.241. The van der Waals surface area contributed by atoms with Crippen molar-refractivity contribution in [2.75, 3.05) is 37.8 Å². The van der Waals surface area contributed by atoms with Crippen molar-refractivity contribution in [1.29, 1.82) is 0 Å². The first-order valence-corrected chi connectivity index (χ1v) is 7.63. The second-order valence-corrected chi connectivity index (χ2v) is 5.70. The van der Waals surface area contributed by atoms with Gasteiger partial charge in [-0.25, -0.2) is 9.97 Å². The lowest BCUT2D eigenvalue weighted by atomic mass is 10.2. The van der Waals surface area contributed by atoms with Crippen LogP contribution in [-0.4, -0.2) is 48.0 Å². The molecule has 0 saturated heterocycles. The first-order valence-electron chi connectivity index (χ1n) is 7.63. The van der Waals surface area contributed by atoms with E-state index in [9.17, 15) is 4.79 Å². The van der Waals surface area contributed by atoms with Gasteiger partial charge in [-0.1, -0.05) is 12.1 Å². The number of aryl methyl sites for hydroxylation is 1. The highest BCUT2D eigenvalue weighted by Crippen LogP contribution is 2.12. The molecule has 2 rings (SSSR count). The Morgan fingerprint density at radius 3 is 2.78 bits per heavy atom. The van der Waals surface area contributed by atoms with Gasteiger partial charge in [-0.05, 0) is 51.7 Å². The minimum atomic E-state index is -0.241. The van der Waals surface area contributed by atoms with Gasteiger partial charge in [0.2, 0.25) is 0 Å². The molecule has 0 atom stereocenters. The van der Waals surface area contributed by atoms with Crippen LogP contribution in [0.15, 0.2) is 36.7 Å². The molecule has 1 aromatic carbocycles. The molecule has 1 heterocycles. The lowest BCUT2D eigenvalue weighted by molar-refractivity contribution is 0.102. The van der Waals surface area contributed by atoms with Gasteiger partial charge < -0.3 is 15.5 Å². The first kappa shape index (κ1) is 16.9. The molecule has 0 unspecified atom stereocenters. The van der Waals surface area contributed by atoms with E-state index in [1.807, 2.05) is 45.3 Å². The SMILES string of the molecule is Cc1cccc(NC(=O)c2cc(NCCCN(C)C)ncn2)c1. The van der Waals surface area contributed by atoms with Crippen LogP contribution in [0.4, 0.5) is 11.5 Å². The van der Waals surface area contributed by atoms with E-state index in [1.54, 1.807) is 6.07 Å². The fraction of sp³-hybridized carbons (Fsp3) is 0.353. The van der Waals surface area contributed by atoms with Crippen LogP contribution in [0, 0.1) is 6.92 Å². The second kappa shape index (κ2) is 8.24. The Hall–Kier alpha value is -2.47. The van der Waals surface area contributed by atoms with Crippen LogP contribution < -0.4 is 10.6 Å². The summed E-state index contributed by atoms with van der Waals surface area (Å²) in [6.45, 7) is 3.78. The van der Waals surface area contributed by atoms with Gasteiger partial charge in [-0.15, -0.1) is 0 Å². The zero-order valence-electron chi connectivity index (χ0n) is 13.8. The van der Waals surface area contributed by atoms with Crippen LogP contribution >= 0.6 is 0 Å². The van der Waals surface area contributed by atoms with Crippen LogP contribution in [-0.2, 0) is 0 Å². The zero-order chi connectivity index (χ0) is 16.7. The van der Waals surface area contributed by atoms with Crippen molar-refractivity contribution in [3.05, 3.63) is 47.9 Å². The summed E-state index contributed by atoms with van der Waals surface area (Å²) in [6, 6.07) is 9.32. The maximum Gasteiger partial charge on any atom is 0.274 e. The third-order valence-corrected chi connectivity index (χ3v) is 3.26. The minimum Gasteiger partial charge on any atom is -0.370 e. The molecule has 1 amide bonds. The van der Waals surface area contributed by atoms with Crippen LogP contribution in [0.5, 0.6) is 0 Å². The highest BCUT2D eigenvalue weighted by Gasteiger charge is 2.09. The first-order chi connectivity index (χ1) is 11.0. The van der Waals surface area contributed by atoms with Crippen LogP contribution in [0.2, 0.25) is 0 Å². The standard InChI is InChI=1S/C17H23N5O/c1-13-6-4-7-14(10-13)21-17(23)15-11-16(20-12-19-15)18-8-5-9-22(2)3/h4,6-7,10-12H,5,8-9H2,1-3H3,(H,21,23)(H,18,19,20). The van der Waals surface area contributed by atoms with E-state index >= 15 is 0 Å². The van der Waals surface area contributed by atoms with Gasteiger partial charge in [0.25, 0.3) is 5.91 Å².